The molecule has 0 radical (unpaired) electrons. The molecule has 1 saturated heterocycles. The maximum absolute atomic E-state index is 13.8. The van der Waals surface area contributed by atoms with E-state index in [0.29, 0.717) is 16.0 Å². The minimum absolute atomic E-state index is 0.293. The molecular formula is C21H21BrFN3O. The molecule has 140 valence electrons. The third-order valence-corrected chi connectivity index (χ3v) is 5.66. The number of ether oxygens (including phenoxy) is 1. The van der Waals surface area contributed by atoms with Crippen molar-refractivity contribution in [3.05, 3.63) is 59.0 Å². The molecule has 4 rings (SSSR count). The van der Waals surface area contributed by atoms with Crippen LogP contribution in [-0.2, 0) is 0 Å². The predicted octanol–water partition coefficient (Wildman–Crippen LogP) is 5.23. The monoisotopic (exact) mass is 429 g/mol. The second-order valence-electron chi connectivity index (χ2n) is 6.75. The second-order valence-corrected chi connectivity index (χ2v) is 7.60. The molecule has 1 fully saturated rings. The molecule has 2 aromatic carbocycles. The lowest BCUT2D eigenvalue weighted by Gasteiger charge is -2.34. The van der Waals surface area contributed by atoms with Crippen LogP contribution in [-0.4, -0.2) is 31.2 Å². The fourth-order valence-electron chi connectivity index (χ4n) is 3.58. The van der Waals surface area contributed by atoms with Gasteiger partial charge >= 0.3 is 0 Å². The van der Waals surface area contributed by atoms with Gasteiger partial charge in [-0.1, -0.05) is 6.07 Å². The van der Waals surface area contributed by atoms with Gasteiger partial charge in [0.15, 0.2) is 0 Å². The smallest absolute Gasteiger partial charge is 0.139 e. The second kappa shape index (κ2) is 7.72. The molecule has 4 nitrogen and oxygen atoms in total. The Labute approximate surface area is 166 Å². The maximum atomic E-state index is 13.8. The normalized spacial score (nSPS) is 15.1. The van der Waals surface area contributed by atoms with Crippen LogP contribution in [0.2, 0.25) is 0 Å². The Morgan fingerprint density at radius 2 is 2.00 bits per heavy atom. The Kier molecular flexibility index (Phi) is 5.16. The average molecular weight is 430 g/mol. The molecule has 0 bridgehead atoms. The van der Waals surface area contributed by atoms with E-state index in [9.17, 15) is 4.39 Å². The molecule has 1 aromatic heterocycles. The van der Waals surface area contributed by atoms with Crippen LogP contribution in [0, 0.1) is 5.82 Å². The SMILES string of the molecule is COc1cccc(N2CCC(Nc3ccnc4cc(F)c(Br)cc34)CC2)c1. The van der Waals surface area contributed by atoms with Crippen LogP contribution >= 0.6 is 15.9 Å². The maximum Gasteiger partial charge on any atom is 0.139 e. The van der Waals surface area contributed by atoms with E-state index in [-0.39, 0.29) is 5.82 Å². The lowest BCUT2D eigenvalue weighted by molar-refractivity contribution is 0.414. The summed E-state index contributed by atoms with van der Waals surface area (Å²) in [5.41, 5.74) is 2.86. The number of rotatable bonds is 4. The van der Waals surface area contributed by atoms with Crippen molar-refractivity contribution < 1.29 is 9.13 Å². The van der Waals surface area contributed by atoms with Crippen molar-refractivity contribution in [1.29, 1.82) is 0 Å². The fraction of sp³-hybridized carbons (Fsp3) is 0.286. The van der Waals surface area contributed by atoms with Crippen molar-refractivity contribution in [2.75, 3.05) is 30.4 Å². The number of hydrogen-bond acceptors (Lipinski definition) is 4. The van der Waals surface area contributed by atoms with E-state index in [0.717, 1.165) is 42.8 Å². The highest BCUT2D eigenvalue weighted by Gasteiger charge is 2.20. The molecule has 0 saturated carbocycles. The number of nitrogens with zero attached hydrogens (tertiary/aromatic N) is 2. The van der Waals surface area contributed by atoms with Crippen LogP contribution in [0.4, 0.5) is 15.8 Å². The molecule has 1 N–H and O–H groups in total. The zero-order valence-electron chi connectivity index (χ0n) is 15.1. The zero-order chi connectivity index (χ0) is 18.8. The first-order chi connectivity index (χ1) is 13.1. The summed E-state index contributed by atoms with van der Waals surface area (Å²) >= 11 is 3.27. The van der Waals surface area contributed by atoms with Gasteiger partial charge in [0.05, 0.1) is 17.1 Å². The molecule has 1 aliphatic heterocycles. The average Bonchev–Trinajstić information content (AvgIpc) is 2.70. The Balaban J connectivity index is 1.46. The Bertz CT molecular complexity index is 957. The minimum Gasteiger partial charge on any atom is -0.497 e. The summed E-state index contributed by atoms with van der Waals surface area (Å²) < 4.78 is 19.6. The van der Waals surface area contributed by atoms with Gasteiger partial charge in [-0.3, -0.25) is 4.98 Å². The number of halogens is 2. The molecule has 0 spiro atoms. The van der Waals surface area contributed by atoms with E-state index < -0.39 is 0 Å². The van der Waals surface area contributed by atoms with Gasteiger partial charge in [-0.2, -0.15) is 0 Å². The minimum atomic E-state index is -0.293. The van der Waals surface area contributed by atoms with E-state index in [1.54, 1.807) is 19.4 Å². The first-order valence-electron chi connectivity index (χ1n) is 9.03. The fourth-order valence-corrected chi connectivity index (χ4v) is 3.92. The number of nitrogens with one attached hydrogen (secondary N) is 1. The van der Waals surface area contributed by atoms with E-state index in [1.165, 1.54) is 11.8 Å². The first-order valence-corrected chi connectivity index (χ1v) is 9.82. The van der Waals surface area contributed by atoms with Crippen LogP contribution in [0.5, 0.6) is 5.75 Å². The number of methoxy groups -OCH3 is 1. The van der Waals surface area contributed by atoms with Gasteiger partial charge in [0.1, 0.15) is 11.6 Å². The van der Waals surface area contributed by atoms with Crippen LogP contribution in [0.1, 0.15) is 12.8 Å². The number of anilines is 2. The number of hydrogen-bond donors (Lipinski definition) is 1. The lowest BCUT2D eigenvalue weighted by atomic mass is 10.0. The summed E-state index contributed by atoms with van der Waals surface area (Å²) in [6, 6.07) is 13.8. The van der Waals surface area contributed by atoms with Crippen molar-refractivity contribution in [2.24, 2.45) is 0 Å². The summed E-state index contributed by atoms with van der Waals surface area (Å²) in [6.45, 7) is 1.96. The highest BCUT2D eigenvalue weighted by molar-refractivity contribution is 9.10. The Morgan fingerprint density at radius 3 is 2.78 bits per heavy atom. The van der Waals surface area contributed by atoms with Crippen LogP contribution in [0.25, 0.3) is 10.9 Å². The molecule has 0 aliphatic carbocycles. The van der Waals surface area contributed by atoms with E-state index in [4.69, 9.17) is 4.74 Å². The van der Waals surface area contributed by atoms with E-state index in [2.05, 4.69) is 43.3 Å². The number of piperidine rings is 1. The third kappa shape index (κ3) is 3.86. The van der Waals surface area contributed by atoms with Crippen molar-refractivity contribution in [3.8, 4) is 5.75 Å². The zero-order valence-corrected chi connectivity index (χ0v) is 16.7. The molecule has 0 unspecified atom stereocenters. The van der Waals surface area contributed by atoms with E-state index >= 15 is 0 Å². The van der Waals surface area contributed by atoms with Gasteiger partial charge in [-0.05, 0) is 53.0 Å². The largest absolute Gasteiger partial charge is 0.497 e. The molecule has 1 aliphatic rings. The van der Waals surface area contributed by atoms with Crippen molar-refractivity contribution in [2.45, 2.75) is 18.9 Å². The van der Waals surface area contributed by atoms with Gasteiger partial charge in [-0.15, -0.1) is 0 Å². The van der Waals surface area contributed by atoms with Crippen molar-refractivity contribution >= 4 is 38.2 Å². The van der Waals surface area contributed by atoms with Crippen LogP contribution < -0.4 is 15.0 Å². The topological polar surface area (TPSA) is 37.4 Å². The summed E-state index contributed by atoms with van der Waals surface area (Å²) in [5.74, 6) is 0.590. The molecule has 3 aromatic rings. The quantitative estimate of drug-likeness (QED) is 0.616. The van der Waals surface area contributed by atoms with Gasteiger partial charge in [0.2, 0.25) is 0 Å². The van der Waals surface area contributed by atoms with Crippen molar-refractivity contribution in [3.63, 3.8) is 0 Å². The Morgan fingerprint density at radius 1 is 1.19 bits per heavy atom. The summed E-state index contributed by atoms with van der Waals surface area (Å²) in [5, 5.41) is 4.56. The number of benzene rings is 2. The number of pyridine rings is 1. The van der Waals surface area contributed by atoms with Crippen LogP contribution in [0.3, 0.4) is 0 Å². The molecule has 0 amide bonds. The summed E-state index contributed by atoms with van der Waals surface area (Å²) in [6.07, 6.45) is 3.79. The lowest BCUT2D eigenvalue weighted by Crippen LogP contribution is -2.39. The van der Waals surface area contributed by atoms with Gasteiger partial charge < -0.3 is 15.0 Å². The highest BCUT2D eigenvalue weighted by Crippen LogP contribution is 2.30. The number of fused-ring (bicyclic) bond motifs is 1. The first kappa shape index (κ1) is 18.0. The summed E-state index contributed by atoms with van der Waals surface area (Å²) in [4.78, 5) is 6.67. The molecule has 6 heteroatoms. The number of aromatic nitrogens is 1. The highest BCUT2D eigenvalue weighted by atomic mass is 79.9. The van der Waals surface area contributed by atoms with Gasteiger partial charge in [0, 0.05) is 54.2 Å². The standard InChI is InChI=1S/C21H21BrFN3O/c1-27-16-4-2-3-15(11-16)26-9-6-14(7-10-26)25-20-5-8-24-21-13-19(23)18(22)12-17(20)21/h2-5,8,11-14H,6-7,9-10H2,1H3,(H,24,25). The van der Waals surface area contributed by atoms with E-state index in [1.807, 2.05) is 18.2 Å². The molecular weight excluding hydrogens is 409 g/mol. The van der Waals surface area contributed by atoms with Crippen molar-refractivity contribution in [1.82, 2.24) is 4.98 Å². The molecule has 27 heavy (non-hydrogen) atoms. The Hall–Kier alpha value is -2.34. The predicted molar refractivity (Wildman–Crippen MR) is 111 cm³/mol. The van der Waals surface area contributed by atoms with Crippen LogP contribution in [0.15, 0.2) is 53.1 Å². The summed E-state index contributed by atoms with van der Waals surface area (Å²) in [7, 11) is 1.69. The molecule has 0 atom stereocenters. The third-order valence-electron chi connectivity index (χ3n) is 5.06. The molecule has 2 heterocycles. The van der Waals surface area contributed by atoms with Gasteiger partial charge in [-0.25, -0.2) is 4.39 Å². The van der Waals surface area contributed by atoms with Gasteiger partial charge in [0.25, 0.3) is 0 Å².